The van der Waals surface area contributed by atoms with Crippen molar-refractivity contribution in [2.45, 2.75) is 58.9 Å². The lowest BCUT2D eigenvalue weighted by atomic mass is 10.1. The number of amides is 1. The molecule has 3 heterocycles. The highest BCUT2D eigenvalue weighted by atomic mass is 16.5. The second kappa shape index (κ2) is 10.3. The van der Waals surface area contributed by atoms with E-state index in [0.717, 1.165) is 72.8 Å². The van der Waals surface area contributed by atoms with E-state index in [1.165, 1.54) is 0 Å². The fourth-order valence-electron chi connectivity index (χ4n) is 4.71. The third-order valence-corrected chi connectivity index (χ3v) is 6.42. The predicted molar refractivity (Wildman–Crippen MR) is 134 cm³/mol. The zero-order chi connectivity index (χ0) is 24.2. The fourth-order valence-corrected chi connectivity index (χ4v) is 4.71. The summed E-state index contributed by atoms with van der Waals surface area (Å²) in [5.74, 6) is 1.51. The van der Waals surface area contributed by atoms with E-state index in [0.29, 0.717) is 17.9 Å². The number of unbranched alkanes of at least 4 members (excludes halogenated alkanes) is 2. The largest absolute Gasteiger partial charge is 0.493 e. The van der Waals surface area contributed by atoms with Crippen LogP contribution in [0.1, 0.15) is 50.4 Å². The number of imidazole rings is 1. The number of aryl methyl sites for hydroxylation is 2. The van der Waals surface area contributed by atoms with Crippen LogP contribution in [0.3, 0.4) is 0 Å². The molecule has 1 unspecified atom stereocenters. The summed E-state index contributed by atoms with van der Waals surface area (Å²) in [7, 11) is 3.26. The average Bonchev–Trinajstić information content (AvgIpc) is 3.41. The molecule has 4 rings (SSSR count). The highest BCUT2D eigenvalue weighted by Crippen LogP contribution is 2.35. The zero-order valence-corrected chi connectivity index (χ0v) is 20.9. The minimum absolute atomic E-state index is 0.156. The number of ether oxygens (including phenoxy) is 2. The molecule has 1 aliphatic rings. The SMILES string of the molecule is CCCCCC(=O)NC1CCN(c2cc(C)nn3c(-c4ccc(OC)c(OC)c4)c(C)nc23)C1. The summed E-state index contributed by atoms with van der Waals surface area (Å²) in [6.07, 6.45) is 4.71. The molecule has 1 amide bonds. The maximum atomic E-state index is 12.3. The maximum absolute atomic E-state index is 12.3. The monoisotopic (exact) mass is 465 g/mol. The molecule has 1 aliphatic heterocycles. The van der Waals surface area contributed by atoms with E-state index >= 15 is 0 Å². The predicted octanol–water partition coefficient (Wildman–Crippen LogP) is 4.31. The van der Waals surface area contributed by atoms with Crippen LogP contribution in [0.15, 0.2) is 24.3 Å². The van der Waals surface area contributed by atoms with Gasteiger partial charge in [0.1, 0.15) is 0 Å². The number of anilines is 1. The third kappa shape index (κ3) is 4.81. The number of hydrogen-bond donors (Lipinski definition) is 1. The van der Waals surface area contributed by atoms with E-state index in [-0.39, 0.29) is 11.9 Å². The standard InChI is InChI=1S/C26H35N5O3/c1-6-7-8-9-24(32)28-20-12-13-30(16-20)21-14-17(2)29-31-25(18(3)27-26(21)31)19-10-11-22(33-4)23(15-19)34-5/h10-11,14-15,20H,6-9,12-13,16H2,1-5H3,(H,28,32). The van der Waals surface area contributed by atoms with Gasteiger partial charge in [0.2, 0.25) is 5.91 Å². The molecule has 1 fully saturated rings. The first-order valence-corrected chi connectivity index (χ1v) is 12.1. The molecule has 0 bridgehead atoms. The minimum atomic E-state index is 0.156. The van der Waals surface area contributed by atoms with Gasteiger partial charge in [-0.3, -0.25) is 4.79 Å². The number of carbonyl (C=O) groups is 1. The summed E-state index contributed by atoms with van der Waals surface area (Å²) in [4.78, 5) is 19.5. The molecule has 34 heavy (non-hydrogen) atoms. The lowest BCUT2D eigenvalue weighted by Crippen LogP contribution is -2.37. The average molecular weight is 466 g/mol. The van der Waals surface area contributed by atoms with Crippen molar-refractivity contribution in [3.05, 3.63) is 35.7 Å². The first-order chi connectivity index (χ1) is 16.4. The normalized spacial score (nSPS) is 15.7. The van der Waals surface area contributed by atoms with Crippen LogP contribution in [0, 0.1) is 13.8 Å². The lowest BCUT2D eigenvalue weighted by molar-refractivity contribution is -0.121. The Kier molecular flexibility index (Phi) is 7.24. The van der Waals surface area contributed by atoms with Crippen LogP contribution >= 0.6 is 0 Å². The van der Waals surface area contributed by atoms with E-state index < -0.39 is 0 Å². The van der Waals surface area contributed by atoms with Crippen LogP contribution in [0.25, 0.3) is 16.9 Å². The van der Waals surface area contributed by atoms with Gasteiger partial charge in [-0.05, 0) is 51.0 Å². The van der Waals surface area contributed by atoms with Crippen molar-refractivity contribution in [2.75, 3.05) is 32.2 Å². The summed E-state index contributed by atoms with van der Waals surface area (Å²) < 4.78 is 12.8. The number of aromatic nitrogens is 3. The number of nitrogens with zero attached hydrogens (tertiary/aromatic N) is 4. The number of rotatable bonds is 9. The summed E-state index contributed by atoms with van der Waals surface area (Å²) in [5.41, 5.74) is 5.57. The topological polar surface area (TPSA) is 81.0 Å². The Balaban J connectivity index is 1.62. The fraction of sp³-hybridized carbons (Fsp3) is 0.500. The highest BCUT2D eigenvalue weighted by Gasteiger charge is 2.27. The van der Waals surface area contributed by atoms with E-state index in [1.54, 1.807) is 14.2 Å². The first-order valence-electron chi connectivity index (χ1n) is 12.1. The van der Waals surface area contributed by atoms with E-state index in [9.17, 15) is 4.79 Å². The second-order valence-electron chi connectivity index (χ2n) is 8.98. The van der Waals surface area contributed by atoms with Crippen molar-refractivity contribution in [3.63, 3.8) is 0 Å². The van der Waals surface area contributed by atoms with Gasteiger partial charge in [0, 0.05) is 31.1 Å². The summed E-state index contributed by atoms with van der Waals surface area (Å²) in [5, 5.41) is 8.01. The van der Waals surface area contributed by atoms with Crippen molar-refractivity contribution >= 4 is 17.2 Å². The molecule has 8 nitrogen and oxygen atoms in total. The van der Waals surface area contributed by atoms with Gasteiger partial charge in [-0.25, -0.2) is 9.50 Å². The Morgan fingerprint density at radius 1 is 1.15 bits per heavy atom. The van der Waals surface area contributed by atoms with Gasteiger partial charge < -0.3 is 19.7 Å². The molecule has 1 aromatic carbocycles. The van der Waals surface area contributed by atoms with Crippen LogP contribution < -0.4 is 19.7 Å². The van der Waals surface area contributed by atoms with Crippen molar-refractivity contribution in [3.8, 4) is 22.8 Å². The van der Waals surface area contributed by atoms with Gasteiger partial charge in [-0.2, -0.15) is 5.10 Å². The van der Waals surface area contributed by atoms with Gasteiger partial charge in [0.25, 0.3) is 0 Å². The Bertz CT molecular complexity index is 1170. The van der Waals surface area contributed by atoms with Crippen molar-refractivity contribution < 1.29 is 14.3 Å². The molecule has 0 saturated carbocycles. The number of hydrogen-bond acceptors (Lipinski definition) is 6. The molecule has 0 radical (unpaired) electrons. The second-order valence-corrected chi connectivity index (χ2v) is 8.98. The van der Waals surface area contributed by atoms with Crippen LogP contribution in [0.2, 0.25) is 0 Å². The number of benzene rings is 1. The van der Waals surface area contributed by atoms with Gasteiger partial charge in [0.15, 0.2) is 17.1 Å². The smallest absolute Gasteiger partial charge is 0.220 e. The Hall–Kier alpha value is -3.29. The van der Waals surface area contributed by atoms with Gasteiger partial charge in [-0.15, -0.1) is 0 Å². The molecule has 1 atom stereocenters. The van der Waals surface area contributed by atoms with E-state index in [1.807, 2.05) is 36.6 Å². The molecule has 3 aromatic rings. The molecule has 0 aliphatic carbocycles. The summed E-state index contributed by atoms with van der Waals surface area (Å²) in [6.45, 7) is 7.80. The van der Waals surface area contributed by atoms with Crippen LogP contribution in [-0.4, -0.2) is 53.9 Å². The summed E-state index contributed by atoms with van der Waals surface area (Å²) in [6, 6.07) is 8.10. The quantitative estimate of drug-likeness (QED) is 0.475. The maximum Gasteiger partial charge on any atom is 0.220 e. The van der Waals surface area contributed by atoms with Crippen LogP contribution in [-0.2, 0) is 4.79 Å². The first kappa shape index (κ1) is 23.9. The number of nitrogens with one attached hydrogen (secondary N) is 1. The third-order valence-electron chi connectivity index (χ3n) is 6.42. The molecule has 1 saturated heterocycles. The number of carbonyl (C=O) groups excluding carboxylic acids is 1. The molecule has 1 N–H and O–H groups in total. The van der Waals surface area contributed by atoms with Crippen LogP contribution in [0.5, 0.6) is 11.5 Å². The molecule has 182 valence electrons. The molecule has 8 heteroatoms. The van der Waals surface area contributed by atoms with Crippen molar-refractivity contribution in [1.82, 2.24) is 19.9 Å². The van der Waals surface area contributed by atoms with Crippen molar-refractivity contribution in [2.24, 2.45) is 0 Å². The molecule has 2 aromatic heterocycles. The summed E-state index contributed by atoms with van der Waals surface area (Å²) >= 11 is 0. The number of methoxy groups -OCH3 is 2. The number of fused-ring (bicyclic) bond motifs is 1. The molecular formula is C26H35N5O3. The van der Waals surface area contributed by atoms with Gasteiger partial charge in [-0.1, -0.05) is 19.8 Å². The minimum Gasteiger partial charge on any atom is -0.493 e. The molecular weight excluding hydrogens is 430 g/mol. The lowest BCUT2D eigenvalue weighted by Gasteiger charge is -2.20. The van der Waals surface area contributed by atoms with Crippen LogP contribution in [0.4, 0.5) is 5.69 Å². The van der Waals surface area contributed by atoms with E-state index in [4.69, 9.17) is 19.6 Å². The Labute approximate surface area is 201 Å². The van der Waals surface area contributed by atoms with E-state index in [2.05, 4.69) is 23.2 Å². The highest BCUT2D eigenvalue weighted by molar-refractivity contribution is 5.78. The zero-order valence-electron chi connectivity index (χ0n) is 20.9. The van der Waals surface area contributed by atoms with Gasteiger partial charge in [0.05, 0.1) is 37.0 Å². The molecule has 0 spiro atoms. The Morgan fingerprint density at radius 2 is 1.94 bits per heavy atom. The van der Waals surface area contributed by atoms with Crippen molar-refractivity contribution in [1.29, 1.82) is 0 Å². The van der Waals surface area contributed by atoms with Gasteiger partial charge >= 0.3 is 0 Å². The Morgan fingerprint density at radius 3 is 2.68 bits per heavy atom.